The maximum Gasteiger partial charge on any atom is 0.129 e. The standard InChI is InChI=1S/C20H23N3O2/c1-22-18(8-9-21-22)20-17-5-3-2-4-16(17)6-7-19(20)25-15-12-23-10-13-24-14-11-23/h2-9H,10-15H2,1H3. The minimum atomic E-state index is 0.670. The number of ether oxygens (including phenoxy) is 2. The first-order valence-corrected chi connectivity index (χ1v) is 8.76. The van der Waals surface area contributed by atoms with E-state index in [0.717, 1.165) is 49.9 Å². The zero-order valence-corrected chi connectivity index (χ0v) is 14.5. The van der Waals surface area contributed by atoms with Crippen LogP contribution >= 0.6 is 0 Å². The molecule has 5 nitrogen and oxygen atoms in total. The molecule has 2 heterocycles. The Morgan fingerprint density at radius 1 is 1.08 bits per heavy atom. The fourth-order valence-corrected chi connectivity index (χ4v) is 3.36. The molecule has 25 heavy (non-hydrogen) atoms. The van der Waals surface area contributed by atoms with Crippen molar-refractivity contribution in [1.82, 2.24) is 14.7 Å². The number of rotatable bonds is 5. The number of nitrogens with zero attached hydrogens (tertiary/aromatic N) is 3. The van der Waals surface area contributed by atoms with Crippen molar-refractivity contribution < 1.29 is 9.47 Å². The number of aromatic nitrogens is 2. The Kier molecular flexibility index (Phi) is 4.68. The van der Waals surface area contributed by atoms with E-state index in [9.17, 15) is 0 Å². The van der Waals surface area contributed by atoms with Crippen LogP contribution in [0.2, 0.25) is 0 Å². The van der Waals surface area contributed by atoms with E-state index < -0.39 is 0 Å². The predicted octanol–water partition coefficient (Wildman–Crippen LogP) is 2.95. The number of fused-ring (bicyclic) bond motifs is 1. The molecule has 0 radical (unpaired) electrons. The average Bonchev–Trinajstić information content (AvgIpc) is 3.08. The number of hydrogen-bond acceptors (Lipinski definition) is 4. The zero-order valence-electron chi connectivity index (χ0n) is 14.5. The van der Waals surface area contributed by atoms with Gasteiger partial charge in [0, 0.05) is 38.4 Å². The Morgan fingerprint density at radius 2 is 1.92 bits per heavy atom. The molecule has 0 bridgehead atoms. The Hall–Kier alpha value is -2.37. The van der Waals surface area contributed by atoms with Crippen LogP contribution in [0.25, 0.3) is 22.0 Å². The Balaban J connectivity index is 1.62. The zero-order chi connectivity index (χ0) is 17.1. The molecule has 5 heteroatoms. The molecular formula is C20H23N3O2. The minimum absolute atomic E-state index is 0.670. The van der Waals surface area contributed by atoms with Crippen LogP contribution in [-0.4, -0.2) is 54.1 Å². The van der Waals surface area contributed by atoms with Gasteiger partial charge in [0.25, 0.3) is 0 Å². The van der Waals surface area contributed by atoms with Gasteiger partial charge in [-0.2, -0.15) is 5.10 Å². The maximum atomic E-state index is 6.20. The summed E-state index contributed by atoms with van der Waals surface area (Å²) in [5.41, 5.74) is 2.18. The van der Waals surface area contributed by atoms with Crippen LogP contribution in [0.4, 0.5) is 0 Å². The summed E-state index contributed by atoms with van der Waals surface area (Å²) in [5.74, 6) is 0.913. The maximum absolute atomic E-state index is 6.20. The Morgan fingerprint density at radius 3 is 2.72 bits per heavy atom. The van der Waals surface area contributed by atoms with Gasteiger partial charge in [0.15, 0.2) is 0 Å². The summed E-state index contributed by atoms with van der Waals surface area (Å²) in [6.07, 6.45) is 1.83. The molecule has 0 atom stereocenters. The van der Waals surface area contributed by atoms with Crippen molar-refractivity contribution in [2.45, 2.75) is 0 Å². The summed E-state index contributed by atoms with van der Waals surface area (Å²) < 4.78 is 13.5. The second-order valence-corrected chi connectivity index (χ2v) is 6.30. The molecule has 1 aliphatic heterocycles. The highest BCUT2D eigenvalue weighted by Gasteiger charge is 2.15. The number of aryl methyl sites for hydroxylation is 1. The number of morpholine rings is 1. The molecule has 1 aromatic heterocycles. The quantitative estimate of drug-likeness (QED) is 0.718. The van der Waals surface area contributed by atoms with Crippen molar-refractivity contribution in [3.8, 4) is 17.0 Å². The minimum Gasteiger partial charge on any atom is -0.492 e. The third kappa shape index (κ3) is 3.38. The first kappa shape index (κ1) is 16.1. The molecule has 1 aliphatic rings. The molecule has 1 fully saturated rings. The molecule has 0 unspecified atom stereocenters. The Labute approximate surface area is 147 Å². The molecule has 0 aliphatic carbocycles. The van der Waals surface area contributed by atoms with Gasteiger partial charge in [-0.15, -0.1) is 0 Å². The van der Waals surface area contributed by atoms with E-state index in [1.807, 2.05) is 24.0 Å². The first-order valence-electron chi connectivity index (χ1n) is 8.76. The smallest absolute Gasteiger partial charge is 0.129 e. The summed E-state index contributed by atoms with van der Waals surface area (Å²) in [4.78, 5) is 2.38. The number of hydrogen-bond donors (Lipinski definition) is 0. The molecule has 0 N–H and O–H groups in total. The molecule has 4 rings (SSSR count). The van der Waals surface area contributed by atoms with Crippen LogP contribution in [0.15, 0.2) is 48.7 Å². The van der Waals surface area contributed by atoms with Gasteiger partial charge >= 0.3 is 0 Å². The Bertz CT molecular complexity index is 853. The number of benzene rings is 2. The van der Waals surface area contributed by atoms with Crippen LogP contribution in [0.1, 0.15) is 0 Å². The van der Waals surface area contributed by atoms with E-state index in [2.05, 4.69) is 46.4 Å². The van der Waals surface area contributed by atoms with Crippen LogP contribution in [0.3, 0.4) is 0 Å². The highest BCUT2D eigenvalue weighted by Crippen LogP contribution is 2.36. The van der Waals surface area contributed by atoms with Crippen LogP contribution < -0.4 is 4.74 Å². The molecule has 3 aromatic rings. The SMILES string of the molecule is Cn1nccc1-c1c(OCCN2CCOCC2)ccc2ccccc12. The highest BCUT2D eigenvalue weighted by molar-refractivity contribution is 5.99. The van der Waals surface area contributed by atoms with E-state index in [1.54, 1.807) is 0 Å². The summed E-state index contributed by atoms with van der Waals surface area (Å²) in [6, 6.07) is 14.6. The van der Waals surface area contributed by atoms with Crippen LogP contribution in [0, 0.1) is 0 Å². The largest absolute Gasteiger partial charge is 0.492 e. The van der Waals surface area contributed by atoms with Crippen molar-refractivity contribution in [2.24, 2.45) is 7.05 Å². The third-order valence-corrected chi connectivity index (χ3v) is 4.74. The van der Waals surface area contributed by atoms with E-state index in [1.165, 1.54) is 10.8 Å². The topological polar surface area (TPSA) is 39.5 Å². The van der Waals surface area contributed by atoms with Gasteiger partial charge in [0.1, 0.15) is 12.4 Å². The summed E-state index contributed by atoms with van der Waals surface area (Å²) in [7, 11) is 1.97. The second kappa shape index (κ2) is 7.25. The van der Waals surface area contributed by atoms with E-state index in [0.29, 0.717) is 6.61 Å². The summed E-state index contributed by atoms with van der Waals surface area (Å²) in [6.45, 7) is 5.18. The molecule has 2 aromatic carbocycles. The van der Waals surface area contributed by atoms with Crippen molar-refractivity contribution in [1.29, 1.82) is 0 Å². The van der Waals surface area contributed by atoms with Crippen molar-refractivity contribution in [2.75, 3.05) is 39.5 Å². The van der Waals surface area contributed by atoms with Gasteiger partial charge in [0.05, 0.1) is 18.9 Å². The van der Waals surface area contributed by atoms with Gasteiger partial charge in [0.2, 0.25) is 0 Å². The van der Waals surface area contributed by atoms with Crippen molar-refractivity contribution in [3.05, 3.63) is 48.7 Å². The second-order valence-electron chi connectivity index (χ2n) is 6.30. The normalized spacial score (nSPS) is 15.6. The van der Waals surface area contributed by atoms with Crippen molar-refractivity contribution in [3.63, 3.8) is 0 Å². The average molecular weight is 337 g/mol. The van der Waals surface area contributed by atoms with Gasteiger partial charge in [-0.3, -0.25) is 9.58 Å². The highest BCUT2D eigenvalue weighted by atomic mass is 16.5. The fourth-order valence-electron chi connectivity index (χ4n) is 3.36. The predicted molar refractivity (Wildman–Crippen MR) is 98.9 cm³/mol. The van der Waals surface area contributed by atoms with E-state index in [4.69, 9.17) is 9.47 Å². The molecule has 130 valence electrons. The van der Waals surface area contributed by atoms with Gasteiger partial charge < -0.3 is 9.47 Å². The molecule has 0 saturated carbocycles. The molecule has 0 spiro atoms. The van der Waals surface area contributed by atoms with Crippen molar-refractivity contribution >= 4 is 10.8 Å². The fraction of sp³-hybridized carbons (Fsp3) is 0.350. The lowest BCUT2D eigenvalue weighted by molar-refractivity contribution is 0.0323. The van der Waals surface area contributed by atoms with Crippen LogP contribution in [0.5, 0.6) is 5.75 Å². The van der Waals surface area contributed by atoms with Gasteiger partial charge in [-0.25, -0.2) is 0 Å². The molecule has 1 saturated heterocycles. The monoisotopic (exact) mass is 337 g/mol. The third-order valence-electron chi connectivity index (χ3n) is 4.74. The lowest BCUT2D eigenvalue weighted by Gasteiger charge is -2.26. The molecular weight excluding hydrogens is 314 g/mol. The van der Waals surface area contributed by atoms with E-state index in [-0.39, 0.29) is 0 Å². The molecule has 0 amide bonds. The summed E-state index contributed by atoms with van der Waals surface area (Å²) in [5, 5.41) is 6.73. The lowest BCUT2D eigenvalue weighted by Crippen LogP contribution is -2.38. The summed E-state index contributed by atoms with van der Waals surface area (Å²) >= 11 is 0. The first-order chi connectivity index (χ1) is 12.3. The lowest BCUT2D eigenvalue weighted by atomic mass is 10.0. The van der Waals surface area contributed by atoms with Gasteiger partial charge in [-0.1, -0.05) is 30.3 Å². The van der Waals surface area contributed by atoms with Gasteiger partial charge in [-0.05, 0) is 22.9 Å². The van der Waals surface area contributed by atoms with E-state index >= 15 is 0 Å². The van der Waals surface area contributed by atoms with Crippen LogP contribution in [-0.2, 0) is 11.8 Å².